The molecule has 3 atom stereocenters. The summed E-state index contributed by atoms with van der Waals surface area (Å²) in [5.74, 6) is -5.57. The van der Waals surface area contributed by atoms with E-state index in [9.17, 15) is 14.7 Å². The topological polar surface area (TPSA) is 111 Å². The fraction of sp³-hybridized carbons (Fsp3) is 0.619. The third-order valence-electron chi connectivity index (χ3n) is 4.05. The van der Waals surface area contributed by atoms with E-state index in [2.05, 4.69) is 0 Å². The van der Waals surface area contributed by atoms with Crippen LogP contribution in [0.15, 0.2) is 30.3 Å². The molecule has 3 unspecified atom stereocenters. The van der Waals surface area contributed by atoms with Gasteiger partial charge in [-0.25, -0.2) is 18.4 Å². The molecular formula is C21H32F2N2O5. The zero-order valence-corrected chi connectivity index (χ0v) is 18.0. The standard InChI is InChI=1S/C21H32F2N2O5/c1-13(2)11-15(24)17(26)21(22,23)16(25-19(28)30-20(3,4)5)18(27)29-12-14-9-7-6-8-10-14/h6-10,13,15-17,26H,11-12,24H2,1-5H3,(H,25,28). The third kappa shape index (κ3) is 8.23. The molecule has 1 aromatic carbocycles. The van der Waals surface area contributed by atoms with Crippen LogP contribution in [0.3, 0.4) is 0 Å². The maximum atomic E-state index is 15.1. The van der Waals surface area contributed by atoms with Gasteiger partial charge in [-0.2, -0.15) is 0 Å². The Balaban J connectivity index is 3.05. The number of hydrogen-bond donors (Lipinski definition) is 3. The summed E-state index contributed by atoms with van der Waals surface area (Å²) in [4.78, 5) is 24.6. The number of hydrogen-bond acceptors (Lipinski definition) is 6. The number of carbonyl (C=O) groups is 2. The van der Waals surface area contributed by atoms with Crippen LogP contribution in [0.1, 0.15) is 46.6 Å². The minimum Gasteiger partial charge on any atom is -0.459 e. The first-order valence-electron chi connectivity index (χ1n) is 9.75. The molecular weight excluding hydrogens is 398 g/mol. The largest absolute Gasteiger partial charge is 0.459 e. The fourth-order valence-corrected chi connectivity index (χ4v) is 2.68. The first-order valence-corrected chi connectivity index (χ1v) is 9.75. The summed E-state index contributed by atoms with van der Waals surface area (Å²) in [6, 6.07) is 4.64. The van der Waals surface area contributed by atoms with Gasteiger partial charge in [-0.1, -0.05) is 44.2 Å². The van der Waals surface area contributed by atoms with Crippen molar-refractivity contribution in [3.63, 3.8) is 0 Å². The van der Waals surface area contributed by atoms with Crippen molar-refractivity contribution in [2.45, 2.75) is 77.4 Å². The molecule has 1 rings (SSSR count). The van der Waals surface area contributed by atoms with E-state index < -0.39 is 41.8 Å². The lowest BCUT2D eigenvalue weighted by atomic mass is 9.92. The second-order valence-corrected chi connectivity index (χ2v) is 8.59. The number of alkyl halides is 2. The number of aliphatic hydroxyl groups excluding tert-OH is 1. The SMILES string of the molecule is CC(C)CC(N)C(O)C(F)(F)C(NC(=O)OC(C)(C)C)C(=O)OCc1ccccc1. The minimum atomic E-state index is -4.10. The minimum absolute atomic E-state index is 0.0623. The van der Waals surface area contributed by atoms with Crippen LogP contribution in [-0.4, -0.2) is 46.9 Å². The Bertz CT molecular complexity index is 692. The zero-order valence-electron chi connectivity index (χ0n) is 18.0. The molecule has 0 radical (unpaired) electrons. The van der Waals surface area contributed by atoms with Crippen LogP contribution >= 0.6 is 0 Å². The van der Waals surface area contributed by atoms with Crippen molar-refractivity contribution in [1.82, 2.24) is 5.32 Å². The van der Waals surface area contributed by atoms with Crippen molar-refractivity contribution in [1.29, 1.82) is 0 Å². The number of aliphatic hydroxyl groups is 1. The highest BCUT2D eigenvalue weighted by Crippen LogP contribution is 2.28. The van der Waals surface area contributed by atoms with Gasteiger partial charge in [0.25, 0.3) is 0 Å². The monoisotopic (exact) mass is 430 g/mol. The van der Waals surface area contributed by atoms with E-state index in [0.717, 1.165) is 0 Å². The molecule has 0 bridgehead atoms. The van der Waals surface area contributed by atoms with Crippen LogP contribution in [0.2, 0.25) is 0 Å². The molecule has 170 valence electrons. The van der Waals surface area contributed by atoms with Crippen LogP contribution in [0.25, 0.3) is 0 Å². The van der Waals surface area contributed by atoms with Gasteiger partial charge >= 0.3 is 18.0 Å². The van der Waals surface area contributed by atoms with E-state index in [1.165, 1.54) is 0 Å². The molecule has 7 nitrogen and oxygen atoms in total. The Morgan fingerprint density at radius 1 is 1.17 bits per heavy atom. The van der Waals surface area contributed by atoms with Crippen molar-refractivity contribution in [2.24, 2.45) is 11.7 Å². The van der Waals surface area contributed by atoms with Gasteiger partial charge in [0, 0.05) is 6.04 Å². The van der Waals surface area contributed by atoms with Crippen LogP contribution in [0.5, 0.6) is 0 Å². The summed E-state index contributed by atoms with van der Waals surface area (Å²) in [5.41, 5.74) is 5.30. The quantitative estimate of drug-likeness (QED) is 0.520. The highest BCUT2D eigenvalue weighted by Gasteiger charge is 2.54. The van der Waals surface area contributed by atoms with Crippen molar-refractivity contribution >= 4 is 12.1 Å². The van der Waals surface area contributed by atoms with Gasteiger partial charge in [0.05, 0.1) is 0 Å². The Kier molecular flexibility index (Phi) is 9.17. The summed E-state index contributed by atoms with van der Waals surface area (Å²) >= 11 is 0. The molecule has 0 aliphatic carbocycles. The zero-order chi connectivity index (χ0) is 23.1. The molecule has 0 heterocycles. The summed E-state index contributed by atoms with van der Waals surface area (Å²) in [5, 5.41) is 12.0. The van der Waals surface area contributed by atoms with E-state index in [0.29, 0.717) is 5.56 Å². The van der Waals surface area contributed by atoms with Crippen molar-refractivity contribution in [2.75, 3.05) is 0 Å². The van der Waals surface area contributed by atoms with Gasteiger partial charge in [0.15, 0.2) is 6.04 Å². The van der Waals surface area contributed by atoms with E-state index in [1.807, 2.05) is 5.32 Å². The Labute approximate surface area is 175 Å². The van der Waals surface area contributed by atoms with Crippen molar-refractivity contribution in [3.05, 3.63) is 35.9 Å². The highest BCUT2D eigenvalue weighted by molar-refractivity contribution is 5.82. The molecule has 0 fully saturated rings. The number of ether oxygens (including phenoxy) is 2. The number of rotatable bonds is 9. The number of halogens is 2. The predicted octanol–water partition coefficient (Wildman–Crippen LogP) is 2.99. The van der Waals surface area contributed by atoms with Crippen molar-refractivity contribution < 1.29 is 33.0 Å². The van der Waals surface area contributed by atoms with Gasteiger partial charge in [0.2, 0.25) is 0 Å². The number of esters is 1. The Morgan fingerprint density at radius 2 is 1.73 bits per heavy atom. The first-order chi connectivity index (χ1) is 13.7. The number of nitrogens with two attached hydrogens (primary N) is 1. The Morgan fingerprint density at radius 3 is 2.23 bits per heavy atom. The third-order valence-corrected chi connectivity index (χ3v) is 4.05. The lowest BCUT2D eigenvalue weighted by Crippen LogP contribution is -2.62. The van der Waals surface area contributed by atoms with Gasteiger partial charge in [-0.05, 0) is 38.7 Å². The number of amides is 1. The molecule has 0 aliphatic heterocycles. The van der Waals surface area contributed by atoms with Crippen LogP contribution in [0, 0.1) is 5.92 Å². The second-order valence-electron chi connectivity index (χ2n) is 8.59. The van der Waals surface area contributed by atoms with Crippen LogP contribution < -0.4 is 11.1 Å². The number of benzene rings is 1. The number of alkyl carbamates (subject to hydrolysis) is 1. The van der Waals surface area contributed by atoms with E-state index in [1.54, 1.807) is 65.0 Å². The first kappa shape index (κ1) is 25.8. The number of nitrogens with one attached hydrogen (secondary N) is 1. The van der Waals surface area contributed by atoms with E-state index >= 15 is 8.78 Å². The average Bonchev–Trinajstić information content (AvgIpc) is 2.62. The smallest absolute Gasteiger partial charge is 0.408 e. The molecule has 1 amide bonds. The molecule has 0 saturated carbocycles. The number of carbonyl (C=O) groups excluding carboxylic acids is 2. The summed E-state index contributed by atoms with van der Waals surface area (Å²) in [7, 11) is 0. The summed E-state index contributed by atoms with van der Waals surface area (Å²) in [6.45, 7) is 7.86. The Hall–Kier alpha value is -2.26. The highest BCUT2D eigenvalue weighted by atomic mass is 19.3. The predicted molar refractivity (Wildman–Crippen MR) is 108 cm³/mol. The molecule has 4 N–H and O–H groups in total. The lowest BCUT2D eigenvalue weighted by Gasteiger charge is -2.33. The lowest BCUT2D eigenvalue weighted by molar-refractivity contribution is -0.176. The second kappa shape index (κ2) is 10.7. The van der Waals surface area contributed by atoms with Gasteiger partial charge in [-0.15, -0.1) is 0 Å². The molecule has 0 spiro atoms. The van der Waals surface area contributed by atoms with Crippen LogP contribution in [0.4, 0.5) is 13.6 Å². The summed E-state index contributed by atoms with van der Waals surface area (Å²) < 4.78 is 40.1. The molecule has 0 aromatic heterocycles. The van der Waals surface area contributed by atoms with Crippen molar-refractivity contribution in [3.8, 4) is 0 Å². The van der Waals surface area contributed by atoms with Gasteiger partial charge < -0.3 is 25.6 Å². The molecule has 0 aliphatic rings. The maximum absolute atomic E-state index is 15.1. The molecule has 9 heteroatoms. The molecule has 1 aromatic rings. The van der Waals surface area contributed by atoms with E-state index in [-0.39, 0.29) is 18.9 Å². The summed E-state index contributed by atoms with van der Waals surface area (Å²) in [6.07, 6.45) is -3.54. The van der Waals surface area contributed by atoms with Crippen LogP contribution in [-0.2, 0) is 20.9 Å². The molecule has 0 saturated heterocycles. The van der Waals surface area contributed by atoms with E-state index in [4.69, 9.17) is 15.2 Å². The van der Waals surface area contributed by atoms with Gasteiger partial charge in [-0.3, -0.25) is 0 Å². The van der Waals surface area contributed by atoms with Gasteiger partial charge in [0.1, 0.15) is 18.3 Å². The fourth-order valence-electron chi connectivity index (χ4n) is 2.68. The normalized spacial score (nSPS) is 15.3. The maximum Gasteiger partial charge on any atom is 0.408 e. The average molecular weight is 430 g/mol. The molecule has 30 heavy (non-hydrogen) atoms.